The van der Waals surface area contributed by atoms with E-state index in [4.69, 9.17) is 10.5 Å². The zero-order chi connectivity index (χ0) is 9.42. The highest BCUT2D eigenvalue weighted by Gasteiger charge is 2.11. The molecule has 0 spiro atoms. The van der Waals surface area contributed by atoms with E-state index in [9.17, 15) is 4.39 Å². The predicted octanol–water partition coefficient (Wildman–Crippen LogP) is 2.63. The largest absolute Gasteiger partial charge is 0.493 e. The molecule has 0 fully saturated rings. The van der Waals surface area contributed by atoms with Gasteiger partial charge in [0.1, 0.15) is 5.82 Å². The van der Waals surface area contributed by atoms with Crippen LogP contribution in [0.1, 0.15) is 0 Å². The van der Waals surface area contributed by atoms with E-state index in [1.54, 1.807) is 6.07 Å². The van der Waals surface area contributed by atoms with Crippen LogP contribution >= 0.6 is 11.3 Å². The Labute approximate surface area is 78.7 Å². The number of fused-ring (bicyclic) bond motifs is 1. The van der Waals surface area contributed by atoms with E-state index in [0.29, 0.717) is 16.8 Å². The SMILES string of the molecule is COc1c(N)cc(F)c2ccsc12. The monoisotopic (exact) mass is 197 g/mol. The molecule has 13 heavy (non-hydrogen) atoms. The summed E-state index contributed by atoms with van der Waals surface area (Å²) in [5, 5.41) is 2.38. The van der Waals surface area contributed by atoms with Crippen LogP contribution in [0.2, 0.25) is 0 Å². The first-order valence-corrected chi connectivity index (χ1v) is 4.61. The van der Waals surface area contributed by atoms with Crippen LogP contribution in [0.15, 0.2) is 17.5 Å². The van der Waals surface area contributed by atoms with Gasteiger partial charge in [0.25, 0.3) is 0 Å². The maximum atomic E-state index is 13.3. The molecular weight excluding hydrogens is 189 g/mol. The Hall–Kier alpha value is -1.29. The van der Waals surface area contributed by atoms with Gasteiger partial charge < -0.3 is 10.5 Å². The average Bonchev–Trinajstić information content (AvgIpc) is 2.53. The van der Waals surface area contributed by atoms with Crippen LogP contribution < -0.4 is 10.5 Å². The van der Waals surface area contributed by atoms with Crippen LogP contribution in [-0.4, -0.2) is 7.11 Å². The Morgan fingerprint density at radius 2 is 2.31 bits per heavy atom. The minimum atomic E-state index is -0.297. The van der Waals surface area contributed by atoms with Gasteiger partial charge in [-0.1, -0.05) is 0 Å². The Balaban J connectivity index is 2.88. The third-order valence-electron chi connectivity index (χ3n) is 1.88. The van der Waals surface area contributed by atoms with E-state index >= 15 is 0 Å². The Morgan fingerprint density at radius 1 is 1.54 bits per heavy atom. The highest BCUT2D eigenvalue weighted by molar-refractivity contribution is 7.17. The molecule has 0 aliphatic rings. The number of nitrogen functional groups attached to an aromatic ring is 1. The molecule has 68 valence electrons. The third kappa shape index (κ3) is 1.14. The van der Waals surface area contributed by atoms with Gasteiger partial charge in [0.15, 0.2) is 5.75 Å². The van der Waals surface area contributed by atoms with Gasteiger partial charge in [0, 0.05) is 11.5 Å². The van der Waals surface area contributed by atoms with Crippen molar-refractivity contribution in [3.63, 3.8) is 0 Å². The molecule has 2 rings (SSSR count). The van der Waals surface area contributed by atoms with Crippen molar-refractivity contribution in [3.8, 4) is 5.75 Å². The molecular formula is C9H8FNOS. The van der Waals surface area contributed by atoms with Crippen LogP contribution in [-0.2, 0) is 0 Å². The fourth-order valence-corrected chi connectivity index (χ4v) is 2.24. The van der Waals surface area contributed by atoms with Gasteiger partial charge in [0.2, 0.25) is 0 Å². The molecule has 0 aliphatic carbocycles. The molecule has 0 saturated carbocycles. The molecule has 1 heterocycles. The molecule has 1 aromatic heterocycles. The van der Waals surface area contributed by atoms with Crippen LogP contribution in [0.3, 0.4) is 0 Å². The molecule has 0 radical (unpaired) electrons. The summed E-state index contributed by atoms with van der Waals surface area (Å²) in [6, 6.07) is 3.01. The van der Waals surface area contributed by atoms with Crippen molar-refractivity contribution >= 4 is 27.1 Å². The van der Waals surface area contributed by atoms with Crippen molar-refractivity contribution in [2.75, 3.05) is 12.8 Å². The number of hydrogen-bond donors (Lipinski definition) is 1. The molecule has 0 unspecified atom stereocenters. The van der Waals surface area contributed by atoms with E-state index < -0.39 is 0 Å². The number of thiophene rings is 1. The predicted molar refractivity (Wildman–Crippen MR) is 52.7 cm³/mol. The van der Waals surface area contributed by atoms with Gasteiger partial charge in [-0.3, -0.25) is 0 Å². The maximum absolute atomic E-state index is 13.3. The van der Waals surface area contributed by atoms with E-state index in [0.717, 1.165) is 4.70 Å². The topological polar surface area (TPSA) is 35.2 Å². The fraction of sp³-hybridized carbons (Fsp3) is 0.111. The molecule has 1 aromatic carbocycles. The van der Waals surface area contributed by atoms with Crippen LogP contribution in [0.5, 0.6) is 5.75 Å². The molecule has 0 saturated heterocycles. The lowest BCUT2D eigenvalue weighted by atomic mass is 10.2. The van der Waals surface area contributed by atoms with E-state index in [1.807, 2.05) is 5.38 Å². The first-order valence-electron chi connectivity index (χ1n) is 3.73. The van der Waals surface area contributed by atoms with Crippen LogP contribution in [0.4, 0.5) is 10.1 Å². The highest BCUT2D eigenvalue weighted by atomic mass is 32.1. The Kier molecular flexibility index (Phi) is 1.84. The average molecular weight is 197 g/mol. The molecule has 2 nitrogen and oxygen atoms in total. The normalized spacial score (nSPS) is 10.6. The van der Waals surface area contributed by atoms with E-state index in [-0.39, 0.29) is 5.82 Å². The second-order valence-electron chi connectivity index (χ2n) is 2.64. The van der Waals surface area contributed by atoms with Gasteiger partial charge in [-0.2, -0.15) is 0 Å². The summed E-state index contributed by atoms with van der Waals surface area (Å²) >= 11 is 1.42. The zero-order valence-corrected chi connectivity index (χ0v) is 7.82. The van der Waals surface area contributed by atoms with Crippen molar-refractivity contribution in [2.45, 2.75) is 0 Å². The van der Waals surface area contributed by atoms with Crippen molar-refractivity contribution in [1.82, 2.24) is 0 Å². The minimum absolute atomic E-state index is 0.297. The van der Waals surface area contributed by atoms with Gasteiger partial charge in [0.05, 0.1) is 17.5 Å². The van der Waals surface area contributed by atoms with Crippen LogP contribution in [0, 0.1) is 5.82 Å². The van der Waals surface area contributed by atoms with Gasteiger partial charge in [-0.15, -0.1) is 11.3 Å². The third-order valence-corrected chi connectivity index (χ3v) is 2.79. The summed E-state index contributed by atoms with van der Waals surface area (Å²) < 4.78 is 19.1. The summed E-state index contributed by atoms with van der Waals surface area (Å²) in [6.07, 6.45) is 0. The maximum Gasteiger partial charge on any atom is 0.159 e. The lowest BCUT2D eigenvalue weighted by molar-refractivity contribution is 0.422. The summed E-state index contributed by atoms with van der Waals surface area (Å²) in [5.74, 6) is 0.265. The van der Waals surface area contributed by atoms with E-state index in [2.05, 4.69) is 0 Å². The Morgan fingerprint density at radius 3 is 3.00 bits per heavy atom. The van der Waals surface area contributed by atoms with E-state index in [1.165, 1.54) is 24.5 Å². The summed E-state index contributed by atoms with van der Waals surface area (Å²) in [5.41, 5.74) is 5.94. The molecule has 0 bridgehead atoms. The first kappa shape index (κ1) is 8.31. The summed E-state index contributed by atoms with van der Waals surface area (Å²) in [4.78, 5) is 0. The molecule has 0 aliphatic heterocycles. The lowest BCUT2D eigenvalue weighted by Crippen LogP contribution is -1.93. The number of methoxy groups -OCH3 is 1. The number of halogens is 1. The minimum Gasteiger partial charge on any atom is -0.493 e. The molecule has 0 atom stereocenters. The zero-order valence-electron chi connectivity index (χ0n) is 7.00. The van der Waals surface area contributed by atoms with Crippen molar-refractivity contribution < 1.29 is 9.13 Å². The number of ether oxygens (including phenoxy) is 1. The highest BCUT2D eigenvalue weighted by Crippen LogP contribution is 2.37. The molecule has 2 aromatic rings. The van der Waals surface area contributed by atoms with Crippen molar-refractivity contribution in [3.05, 3.63) is 23.3 Å². The van der Waals surface area contributed by atoms with Gasteiger partial charge in [-0.25, -0.2) is 4.39 Å². The van der Waals surface area contributed by atoms with Gasteiger partial charge in [-0.05, 0) is 11.4 Å². The molecule has 4 heteroatoms. The fourth-order valence-electron chi connectivity index (χ4n) is 1.29. The number of benzene rings is 1. The first-order chi connectivity index (χ1) is 6.24. The smallest absolute Gasteiger partial charge is 0.159 e. The summed E-state index contributed by atoms with van der Waals surface area (Å²) in [6.45, 7) is 0. The Bertz CT molecular complexity index is 452. The standard InChI is InChI=1S/C9H8FNOS/c1-12-8-7(11)4-6(10)5-2-3-13-9(5)8/h2-4H,11H2,1H3. The molecule has 2 N–H and O–H groups in total. The van der Waals surface area contributed by atoms with Gasteiger partial charge >= 0.3 is 0 Å². The second kappa shape index (κ2) is 2.88. The number of hydrogen-bond acceptors (Lipinski definition) is 3. The number of anilines is 1. The number of nitrogens with two attached hydrogens (primary N) is 1. The van der Waals surface area contributed by atoms with Crippen molar-refractivity contribution in [1.29, 1.82) is 0 Å². The quantitative estimate of drug-likeness (QED) is 0.713. The lowest BCUT2D eigenvalue weighted by Gasteiger charge is -2.05. The van der Waals surface area contributed by atoms with Crippen LogP contribution in [0.25, 0.3) is 10.1 Å². The second-order valence-corrected chi connectivity index (χ2v) is 3.56. The summed E-state index contributed by atoms with van der Waals surface area (Å²) in [7, 11) is 1.53. The van der Waals surface area contributed by atoms with Crippen molar-refractivity contribution in [2.24, 2.45) is 0 Å². The molecule has 0 amide bonds. The number of rotatable bonds is 1.